The van der Waals surface area contributed by atoms with Crippen molar-refractivity contribution in [3.8, 4) is 0 Å². The molecule has 8 heteroatoms. The fraction of sp³-hybridized carbons (Fsp3) is 0.667. The van der Waals surface area contributed by atoms with Crippen molar-refractivity contribution in [2.24, 2.45) is 0 Å². The number of piperidine rings is 1. The fourth-order valence-corrected chi connectivity index (χ4v) is 3.21. The van der Waals surface area contributed by atoms with Crippen molar-refractivity contribution in [3.63, 3.8) is 0 Å². The molecule has 23 heavy (non-hydrogen) atoms. The van der Waals surface area contributed by atoms with Crippen LogP contribution in [0.1, 0.15) is 38.5 Å². The Morgan fingerprint density at radius 3 is 2.87 bits per heavy atom. The van der Waals surface area contributed by atoms with Gasteiger partial charge in [-0.2, -0.15) is 0 Å². The van der Waals surface area contributed by atoms with Gasteiger partial charge in [0.1, 0.15) is 5.60 Å². The molecule has 0 aliphatic carbocycles. The van der Waals surface area contributed by atoms with Crippen LogP contribution in [0.15, 0.2) is 12.1 Å². The van der Waals surface area contributed by atoms with Gasteiger partial charge in [0.2, 0.25) is 0 Å². The Hall–Kier alpha value is -1.67. The van der Waals surface area contributed by atoms with Gasteiger partial charge in [-0.25, -0.2) is 4.79 Å². The van der Waals surface area contributed by atoms with E-state index in [0.717, 1.165) is 17.7 Å². The second-order valence-electron chi connectivity index (χ2n) is 6.64. The van der Waals surface area contributed by atoms with Crippen LogP contribution >= 0.6 is 11.3 Å². The molecule has 1 fully saturated rings. The second kappa shape index (κ2) is 7.27. The maximum atomic E-state index is 12.1. The number of nitrogens with one attached hydrogen (secondary N) is 1. The van der Waals surface area contributed by atoms with Crippen molar-refractivity contribution in [2.45, 2.75) is 51.8 Å². The highest BCUT2D eigenvalue weighted by Gasteiger charge is 2.27. The van der Waals surface area contributed by atoms with Crippen molar-refractivity contribution < 1.29 is 14.5 Å². The number of ether oxygens (including phenoxy) is 1. The van der Waals surface area contributed by atoms with Gasteiger partial charge in [-0.15, -0.1) is 0 Å². The number of nitrogens with zero attached hydrogens (tertiary/aromatic N) is 2. The molecule has 1 aromatic rings. The van der Waals surface area contributed by atoms with E-state index in [1.165, 1.54) is 17.4 Å². The zero-order valence-corrected chi connectivity index (χ0v) is 14.5. The summed E-state index contributed by atoms with van der Waals surface area (Å²) in [4.78, 5) is 25.1. The Bertz CT molecular complexity index is 567. The van der Waals surface area contributed by atoms with E-state index >= 15 is 0 Å². The molecule has 1 unspecified atom stereocenters. The number of hydrogen-bond acceptors (Lipinski definition) is 6. The summed E-state index contributed by atoms with van der Waals surface area (Å²) >= 11 is 1.18. The number of amides is 1. The Kier molecular flexibility index (Phi) is 5.59. The first-order valence-corrected chi connectivity index (χ1v) is 8.50. The van der Waals surface area contributed by atoms with Crippen LogP contribution in [0.4, 0.5) is 9.80 Å². The number of carbonyl (C=O) groups is 1. The van der Waals surface area contributed by atoms with E-state index in [1.807, 2.05) is 20.8 Å². The van der Waals surface area contributed by atoms with E-state index in [-0.39, 0.29) is 22.1 Å². The van der Waals surface area contributed by atoms with Crippen LogP contribution in [0.5, 0.6) is 0 Å². The Balaban J connectivity index is 1.83. The van der Waals surface area contributed by atoms with Gasteiger partial charge in [0.25, 0.3) is 0 Å². The van der Waals surface area contributed by atoms with Crippen LogP contribution in [0, 0.1) is 10.1 Å². The van der Waals surface area contributed by atoms with E-state index in [9.17, 15) is 14.9 Å². The van der Waals surface area contributed by atoms with Gasteiger partial charge in [-0.05, 0) is 39.7 Å². The highest BCUT2D eigenvalue weighted by Crippen LogP contribution is 2.24. The van der Waals surface area contributed by atoms with Crippen LogP contribution < -0.4 is 5.32 Å². The van der Waals surface area contributed by atoms with E-state index in [0.29, 0.717) is 19.6 Å². The van der Waals surface area contributed by atoms with E-state index in [4.69, 9.17) is 4.74 Å². The highest BCUT2D eigenvalue weighted by atomic mass is 32.1. The van der Waals surface area contributed by atoms with E-state index in [2.05, 4.69) is 5.32 Å². The molecule has 1 N–H and O–H groups in total. The third-order valence-electron chi connectivity index (χ3n) is 3.47. The minimum absolute atomic E-state index is 0.154. The molecule has 1 aliphatic heterocycles. The number of nitro groups is 1. The Morgan fingerprint density at radius 2 is 2.26 bits per heavy atom. The number of rotatable bonds is 4. The van der Waals surface area contributed by atoms with Gasteiger partial charge in [0.05, 0.1) is 4.92 Å². The quantitative estimate of drug-likeness (QED) is 0.672. The first-order chi connectivity index (χ1) is 10.7. The lowest BCUT2D eigenvalue weighted by molar-refractivity contribution is -0.380. The molecule has 1 atom stereocenters. The van der Waals surface area contributed by atoms with Gasteiger partial charge < -0.3 is 15.0 Å². The average molecular weight is 341 g/mol. The summed E-state index contributed by atoms with van der Waals surface area (Å²) in [6.45, 7) is 7.45. The lowest BCUT2D eigenvalue weighted by atomic mass is 10.1. The highest BCUT2D eigenvalue weighted by molar-refractivity contribution is 7.15. The predicted molar refractivity (Wildman–Crippen MR) is 88.6 cm³/mol. The summed E-state index contributed by atoms with van der Waals surface area (Å²) in [7, 11) is 0. The topological polar surface area (TPSA) is 84.7 Å². The van der Waals surface area contributed by atoms with Crippen molar-refractivity contribution in [3.05, 3.63) is 27.1 Å². The largest absolute Gasteiger partial charge is 0.444 e. The SMILES string of the molecule is CC(C)(C)OC(=O)N1CCCC(NCc2ccc([N+](=O)[O-])s2)C1. The van der Waals surface area contributed by atoms with Crippen molar-refractivity contribution in [2.75, 3.05) is 13.1 Å². The zero-order valence-electron chi connectivity index (χ0n) is 13.7. The van der Waals surface area contributed by atoms with Gasteiger partial charge >= 0.3 is 11.1 Å². The molecule has 0 radical (unpaired) electrons. The molecule has 1 aliphatic rings. The monoisotopic (exact) mass is 341 g/mol. The molecule has 0 spiro atoms. The maximum absolute atomic E-state index is 12.1. The summed E-state index contributed by atoms with van der Waals surface area (Å²) in [5, 5.41) is 14.2. The summed E-state index contributed by atoms with van der Waals surface area (Å²) < 4.78 is 5.40. The molecule has 2 heterocycles. The van der Waals surface area contributed by atoms with Crippen LogP contribution in [-0.2, 0) is 11.3 Å². The van der Waals surface area contributed by atoms with Crippen molar-refractivity contribution in [1.82, 2.24) is 10.2 Å². The predicted octanol–water partition coefficient (Wildman–Crippen LogP) is 3.15. The maximum Gasteiger partial charge on any atom is 0.410 e. The summed E-state index contributed by atoms with van der Waals surface area (Å²) in [6.07, 6.45) is 1.62. The Morgan fingerprint density at radius 1 is 1.52 bits per heavy atom. The van der Waals surface area contributed by atoms with E-state index in [1.54, 1.807) is 11.0 Å². The fourth-order valence-electron chi connectivity index (χ4n) is 2.44. The van der Waals surface area contributed by atoms with Gasteiger partial charge in [0, 0.05) is 36.6 Å². The van der Waals surface area contributed by atoms with Crippen molar-refractivity contribution >= 4 is 22.4 Å². The van der Waals surface area contributed by atoms with Gasteiger partial charge in [-0.3, -0.25) is 10.1 Å². The van der Waals surface area contributed by atoms with Crippen LogP contribution in [0.25, 0.3) is 0 Å². The lowest BCUT2D eigenvalue weighted by Crippen LogP contribution is -2.49. The third kappa shape index (κ3) is 5.47. The minimum Gasteiger partial charge on any atom is -0.444 e. The summed E-state index contributed by atoms with van der Waals surface area (Å²) in [5.74, 6) is 0. The molecule has 0 saturated carbocycles. The van der Waals surface area contributed by atoms with Gasteiger partial charge in [0.15, 0.2) is 0 Å². The molecule has 1 amide bonds. The summed E-state index contributed by atoms with van der Waals surface area (Å²) in [6, 6.07) is 3.47. The molecular formula is C15H23N3O4S. The number of thiophene rings is 1. The average Bonchev–Trinajstić information content (AvgIpc) is 2.93. The molecule has 1 saturated heterocycles. The third-order valence-corrected chi connectivity index (χ3v) is 4.50. The number of likely N-dealkylation sites (tertiary alicyclic amines) is 1. The van der Waals surface area contributed by atoms with Crippen LogP contribution in [0.3, 0.4) is 0 Å². The first kappa shape index (κ1) is 17.7. The zero-order chi connectivity index (χ0) is 17.0. The molecule has 1 aromatic heterocycles. The smallest absolute Gasteiger partial charge is 0.410 e. The van der Waals surface area contributed by atoms with E-state index < -0.39 is 5.60 Å². The molecule has 0 aromatic carbocycles. The normalized spacial score (nSPS) is 18.7. The standard InChI is InChI=1S/C15H23N3O4S/c1-15(2,3)22-14(19)17-8-4-5-11(10-17)16-9-12-6-7-13(23-12)18(20)21/h6-7,11,16H,4-5,8-10H2,1-3H3. The number of carbonyl (C=O) groups excluding carboxylic acids is 1. The first-order valence-electron chi connectivity index (χ1n) is 7.69. The van der Waals surface area contributed by atoms with Gasteiger partial charge in [-0.1, -0.05) is 11.3 Å². The van der Waals surface area contributed by atoms with Crippen molar-refractivity contribution in [1.29, 1.82) is 0 Å². The molecule has 2 rings (SSSR count). The molecule has 128 valence electrons. The lowest BCUT2D eigenvalue weighted by Gasteiger charge is -2.34. The van der Waals surface area contributed by atoms with Crippen LogP contribution in [-0.4, -0.2) is 40.6 Å². The Labute approximate surface area is 139 Å². The molecular weight excluding hydrogens is 318 g/mol. The second-order valence-corrected chi connectivity index (χ2v) is 7.79. The minimum atomic E-state index is -0.493. The van der Waals surface area contributed by atoms with Crippen LogP contribution in [0.2, 0.25) is 0 Å². The number of hydrogen-bond donors (Lipinski definition) is 1. The summed E-state index contributed by atoms with van der Waals surface area (Å²) in [5.41, 5.74) is -0.493. The molecule has 7 nitrogen and oxygen atoms in total. The molecule has 0 bridgehead atoms.